The van der Waals surface area contributed by atoms with Crippen LogP contribution in [0.5, 0.6) is 17.2 Å². The molecule has 0 radical (unpaired) electrons. The summed E-state index contributed by atoms with van der Waals surface area (Å²) < 4.78 is 18.4. The zero-order valence-corrected chi connectivity index (χ0v) is 24.1. The predicted octanol–water partition coefficient (Wildman–Crippen LogP) is 7.71. The van der Waals surface area contributed by atoms with E-state index in [1.807, 2.05) is 66.7 Å². The van der Waals surface area contributed by atoms with E-state index in [-0.39, 0.29) is 11.9 Å². The molecule has 1 aromatic heterocycles. The quantitative estimate of drug-likeness (QED) is 0.181. The first-order valence-electron chi connectivity index (χ1n) is 13.8. The Labute approximate surface area is 235 Å². The fourth-order valence-corrected chi connectivity index (χ4v) is 6.24. The molecular formula is C33H37NO4S. The number of likely N-dealkylation sites (tertiary alicyclic amines) is 1. The van der Waals surface area contributed by atoms with Gasteiger partial charge in [-0.25, -0.2) is 0 Å². The first-order valence-corrected chi connectivity index (χ1v) is 14.6. The number of benzene rings is 3. The van der Waals surface area contributed by atoms with Gasteiger partial charge in [0.2, 0.25) is 0 Å². The highest BCUT2D eigenvalue weighted by molar-refractivity contribution is 7.22. The van der Waals surface area contributed by atoms with E-state index in [9.17, 15) is 4.79 Å². The van der Waals surface area contributed by atoms with E-state index in [0.29, 0.717) is 17.7 Å². The third-order valence-corrected chi connectivity index (χ3v) is 8.66. The Morgan fingerprint density at radius 2 is 1.74 bits per heavy atom. The number of hydrogen-bond donors (Lipinski definition) is 0. The van der Waals surface area contributed by atoms with E-state index in [0.717, 1.165) is 69.7 Å². The predicted molar refractivity (Wildman–Crippen MR) is 160 cm³/mol. The minimum atomic E-state index is 0.000247. The van der Waals surface area contributed by atoms with Gasteiger partial charge in [0.15, 0.2) is 5.78 Å². The highest BCUT2D eigenvalue weighted by Crippen LogP contribution is 2.42. The lowest BCUT2D eigenvalue weighted by molar-refractivity contribution is 0.104. The van der Waals surface area contributed by atoms with Crippen LogP contribution >= 0.6 is 11.3 Å². The maximum absolute atomic E-state index is 14.0. The number of carbonyl (C=O) groups excluding carboxylic acids is 1. The first kappa shape index (κ1) is 27.2. The van der Waals surface area contributed by atoms with Gasteiger partial charge in [-0.05, 0) is 105 Å². The molecule has 0 aliphatic carbocycles. The molecule has 1 aliphatic rings. The third kappa shape index (κ3) is 6.29. The van der Waals surface area contributed by atoms with Crippen molar-refractivity contribution in [2.75, 3.05) is 33.4 Å². The van der Waals surface area contributed by atoms with Crippen molar-refractivity contribution < 1.29 is 19.0 Å². The van der Waals surface area contributed by atoms with Crippen LogP contribution in [-0.2, 0) is 0 Å². The van der Waals surface area contributed by atoms with Crippen LogP contribution in [0.4, 0.5) is 0 Å². The monoisotopic (exact) mass is 543 g/mol. The molecule has 0 N–H and O–H groups in total. The zero-order valence-electron chi connectivity index (χ0n) is 23.2. The van der Waals surface area contributed by atoms with Gasteiger partial charge in [0.05, 0.1) is 13.2 Å². The number of ketones is 1. The van der Waals surface area contributed by atoms with Gasteiger partial charge in [0.25, 0.3) is 0 Å². The summed E-state index contributed by atoms with van der Waals surface area (Å²) in [5.74, 6) is 3.16. The fraction of sp³-hybridized carbons (Fsp3) is 0.364. The van der Waals surface area contributed by atoms with Crippen LogP contribution in [0.15, 0.2) is 66.7 Å². The standard InChI is InChI=1S/C33H37NO4S/c1-5-23(3)38-28-14-15-29-30(20-28)39-33(25-8-10-26(36-4)11-9-25)31(29)32(35)24-6-12-27(13-7-24)37-19-18-34-17-16-22(2)21-34/h6-15,20,22-23H,5,16-19,21H2,1-4H3. The molecule has 0 bridgehead atoms. The number of nitrogens with zero attached hydrogens (tertiary/aromatic N) is 1. The molecule has 1 aliphatic heterocycles. The van der Waals surface area contributed by atoms with Gasteiger partial charge in [-0.2, -0.15) is 0 Å². The molecule has 3 aromatic carbocycles. The fourth-order valence-electron chi connectivity index (χ4n) is 5.01. The summed E-state index contributed by atoms with van der Waals surface area (Å²) in [4.78, 5) is 17.4. The van der Waals surface area contributed by atoms with Crippen LogP contribution in [0.1, 0.15) is 49.5 Å². The second-order valence-electron chi connectivity index (χ2n) is 10.4. The lowest BCUT2D eigenvalue weighted by Crippen LogP contribution is -2.25. The Hall–Kier alpha value is -3.35. The van der Waals surface area contributed by atoms with Crippen molar-refractivity contribution in [1.82, 2.24) is 4.90 Å². The van der Waals surface area contributed by atoms with Gasteiger partial charge in [-0.1, -0.05) is 13.8 Å². The van der Waals surface area contributed by atoms with E-state index >= 15 is 0 Å². The Bertz CT molecular complexity index is 1410. The van der Waals surface area contributed by atoms with Crippen LogP contribution in [0, 0.1) is 5.92 Å². The SMILES string of the molecule is CCC(C)Oc1ccc2c(C(=O)c3ccc(OCCN4CCC(C)C4)cc3)c(-c3ccc(OC)cc3)sc2c1. The molecule has 6 heteroatoms. The average Bonchev–Trinajstić information content (AvgIpc) is 3.55. The molecule has 2 heterocycles. The molecule has 1 fully saturated rings. The lowest BCUT2D eigenvalue weighted by atomic mass is 9.97. The Balaban J connectivity index is 1.41. The average molecular weight is 544 g/mol. The van der Waals surface area contributed by atoms with Gasteiger partial charge in [-0.3, -0.25) is 9.69 Å². The molecule has 39 heavy (non-hydrogen) atoms. The van der Waals surface area contributed by atoms with Gasteiger partial charge in [-0.15, -0.1) is 11.3 Å². The van der Waals surface area contributed by atoms with Gasteiger partial charge in [0.1, 0.15) is 23.9 Å². The number of fused-ring (bicyclic) bond motifs is 1. The summed E-state index contributed by atoms with van der Waals surface area (Å²) in [6, 6.07) is 21.5. The normalized spacial score (nSPS) is 16.4. The molecule has 5 rings (SSSR count). The Morgan fingerprint density at radius 1 is 1.03 bits per heavy atom. The van der Waals surface area contributed by atoms with Gasteiger partial charge < -0.3 is 14.2 Å². The zero-order chi connectivity index (χ0) is 27.4. The topological polar surface area (TPSA) is 48.0 Å². The van der Waals surface area contributed by atoms with E-state index in [2.05, 4.69) is 25.7 Å². The van der Waals surface area contributed by atoms with Crippen LogP contribution in [-0.4, -0.2) is 50.1 Å². The van der Waals surface area contributed by atoms with Crippen molar-refractivity contribution >= 4 is 27.2 Å². The minimum absolute atomic E-state index is 0.000247. The summed E-state index contributed by atoms with van der Waals surface area (Å²) in [7, 11) is 1.66. The summed E-state index contributed by atoms with van der Waals surface area (Å²) in [5, 5.41) is 0.937. The number of thiophene rings is 1. The van der Waals surface area contributed by atoms with Crippen molar-refractivity contribution in [3.63, 3.8) is 0 Å². The highest BCUT2D eigenvalue weighted by Gasteiger charge is 2.23. The minimum Gasteiger partial charge on any atom is -0.497 e. The largest absolute Gasteiger partial charge is 0.497 e. The van der Waals surface area contributed by atoms with Gasteiger partial charge >= 0.3 is 0 Å². The number of ether oxygens (including phenoxy) is 3. The molecule has 2 atom stereocenters. The Kier molecular flexibility index (Phi) is 8.53. The second-order valence-corrected chi connectivity index (χ2v) is 11.5. The van der Waals surface area contributed by atoms with Crippen LogP contribution in [0.2, 0.25) is 0 Å². The smallest absolute Gasteiger partial charge is 0.195 e. The van der Waals surface area contributed by atoms with Crippen LogP contribution in [0.3, 0.4) is 0 Å². The van der Waals surface area contributed by atoms with Crippen molar-refractivity contribution in [1.29, 1.82) is 0 Å². The maximum atomic E-state index is 14.0. The number of hydrogen-bond acceptors (Lipinski definition) is 6. The number of methoxy groups -OCH3 is 1. The summed E-state index contributed by atoms with van der Waals surface area (Å²) in [6.07, 6.45) is 2.32. The molecule has 0 spiro atoms. The number of rotatable bonds is 11. The van der Waals surface area contributed by atoms with Crippen LogP contribution in [0.25, 0.3) is 20.5 Å². The van der Waals surface area contributed by atoms with E-state index in [4.69, 9.17) is 14.2 Å². The van der Waals surface area contributed by atoms with Crippen molar-refractivity contribution in [2.24, 2.45) is 5.92 Å². The summed E-state index contributed by atoms with van der Waals surface area (Å²) in [5.41, 5.74) is 2.35. The van der Waals surface area contributed by atoms with Crippen LogP contribution < -0.4 is 14.2 Å². The first-order chi connectivity index (χ1) is 18.9. The highest BCUT2D eigenvalue weighted by atomic mass is 32.1. The molecular weight excluding hydrogens is 506 g/mol. The lowest BCUT2D eigenvalue weighted by Gasteiger charge is -2.15. The Morgan fingerprint density at radius 3 is 2.41 bits per heavy atom. The molecule has 5 nitrogen and oxygen atoms in total. The molecule has 4 aromatic rings. The third-order valence-electron chi connectivity index (χ3n) is 7.45. The second kappa shape index (κ2) is 12.2. The van der Waals surface area contributed by atoms with E-state index < -0.39 is 0 Å². The molecule has 0 amide bonds. The molecule has 204 valence electrons. The molecule has 0 saturated carbocycles. The summed E-state index contributed by atoms with van der Waals surface area (Å²) in [6.45, 7) is 10.3. The number of carbonyl (C=O) groups is 1. The van der Waals surface area contributed by atoms with Crippen molar-refractivity contribution in [3.8, 4) is 27.7 Å². The molecule has 1 saturated heterocycles. The van der Waals surface area contributed by atoms with E-state index in [1.165, 1.54) is 6.42 Å². The maximum Gasteiger partial charge on any atom is 0.195 e. The molecule has 2 unspecified atom stereocenters. The van der Waals surface area contributed by atoms with Gasteiger partial charge in [0, 0.05) is 39.2 Å². The van der Waals surface area contributed by atoms with Crippen molar-refractivity contribution in [3.05, 3.63) is 77.9 Å². The van der Waals surface area contributed by atoms with E-state index in [1.54, 1.807) is 18.4 Å². The summed E-state index contributed by atoms with van der Waals surface area (Å²) >= 11 is 1.62. The van der Waals surface area contributed by atoms with Crippen molar-refractivity contribution in [2.45, 2.75) is 39.7 Å².